The molecule has 1 aliphatic carbocycles. The molecular formula is C25H30BrClN2O3. The van der Waals surface area contributed by atoms with Crippen LogP contribution in [0.4, 0.5) is 0 Å². The Morgan fingerprint density at radius 1 is 1.22 bits per heavy atom. The van der Waals surface area contributed by atoms with Gasteiger partial charge in [0, 0.05) is 17.6 Å². The van der Waals surface area contributed by atoms with Crippen molar-refractivity contribution in [2.24, 2.45) is 0 Å². The molecule has 7 heteroatoms. The lowest BCUT2D eigenvalue weighted by atomic mass is 10.1. The summed E-state index contributed by atoms with van der Waals surface area (Å²) < 4.78 is 6.61. The summed E-state index contributed by atoms with van der Waals surface area (Å²) in [5.74, 6) is 0.174. The van der Waals surface area contributed by atoms with Crippen LogP contribution in [0.2, 0.25) is 5.02 Å². The predicted octanol–water partition coefficient (Wildman–Crippen LogP) is 5.52. The molecule has 5 nitrogen and oxygen atoms in total. The maximum atomic E-state index is 13.2. The Morgan fingerprint density at radius 3 is 2.59 bits per heavy atom. The zero-order valence-corrected chi connectivity index (χ0v) is 20.9. The van der Waals surface area contributed by atoms with Crippen LogP contribution < -0.4 is 10.1 Å². The minimum absolute atomic E-state index is 0.147. The molecule has 1 atom stereocenters. The molecule has 0 spiro atoms. The van der Waals surface area contributed by atoms with Gasteiger partial charge in [-0.3, -0.25) is 9.59 Å². The van der Waals surface area contributed by atoms with Crippen LogP contribution in [0.25, 0.3) is 0 Å². The maximum Gasteiger partial charge on any atom is 0.261 e. The van der Waals surface area contributed by atoms with E-state index < -0.39 is 6.04 Å². The highest BCUT2D eigenvalue weighted by atomic mass is 79.9. The number of hydrogen-bond acceptors (Lipinski definition) is 3. The van der Waals surface area contributed by atoms with Crippen molar-refractivity contribution in [3.8, 4) is 5.75 Å². The second-order valence-corrected chi connectivity index (χ2v) is 9.45. The molecule has 1 aliphatic rings. The van der Waals surface area contributed by atoms with Gasteiger partial charge in [-0.05, 0) is 71.4 Å². The largest absolute Gasteiger partial charge is 0.483 e. The molecular weight excluding hydrogens is 492 g/mol. The lowest BCUT2D eigenvalue weighted by Gasteiger charge is -2.30. The minimum Gasteiger partial charge on any atom is -0.483 e. The quantitative estimate of drug-likeness (QED) is 0.473. The van der Waals surface area contributed by atoms with Crippen molar-refractivity contribution in [3.05, 3.63) is 63.1 Å². The molecule has 172 valence electrons. The SMILES string of the molecule is CCc1ccc(OCC(=O)N(Cc2ccccc2Cl)C(C)C(=O)NC2CCCC2)c(Br)c1. The number of carbonyl (C=O) groups is 2. The number of rotatable bonds is 9. The smallest absolute Gasteiger partial charge is 0.261 e. The van der Waals surface area contributed by atoms with Gasteiger partial charge >= 0.3 is 0 Å². The van der Waals surface area contributed by atoms with Gasteiger partial charge in [0.2, 0.25) is 5.91 Å². The Kier molecular flexibility index (Phi) is 9.00. The van der Waals surface area contributed by atoms with E-state index in [9.17, 15) is 9.59 Å². The van der Waals surface area contributed by atoms with Crippen molar-refractivity contribution in [3.63, 3.8) is 0 Å². The average molecular weight is 522 g/mol. The van der Waals surface area contributed by atoms with E-state index in [1.54, 1.807) is 17.9 Å². The summed E-state index contributed by atoms with van der Waals surface area (Å²) in [4.78, 5) is 27.7. The Bertz CT molecular complexity index is 947. The van der Waals surface area contributed by atoms with E-state index in [4.69, 9.17) is 16.3 Å². The number of benzene rings is 2. The molecule has 0 heterocycles. The summed E-state index contributed by atoms with van der Waals surface area (Å²) in [6, 6.07) is 12.7. The number of hydrogen-bond donors (Lipinski definition) is 1. The Morgan fingerprint density at radius 2 is 1.94 bits per heavy atom. The third-order valence-electron chi connectivity index (χ3n) is 5.92. The highest BCUT2D eigenvalue weighted by Crippen LogP contribution is 2.27. The average Bonchev–Trinajstić information content (AvgIpc) is 3.30. The topological polar surface area (TPSA) is 58.6 Å². The second-order valence-electron chi connectivity index (χ2n) is 8.19. The van der Waals surface area contributed by atoms with Crippen molar-refractivity contribution in [1.82, 2.24) is 10.2 Å². The first kappa shape index (κ1) is 24.6. The molecule has 2 aromatic carbocycles. The van der Waals surface area contributed by atoms with Crippen molar-refractivity contribution >= 4 is 39.3 Å². The molecule has 32 heavy (non-hydrogen) atoms. The van der Waals surface area contributed by atoms with E-state index in [-0.39, 0.29) is 31.0 Å². The summed E-state index contributed by atoms with van der Waals surface area (Å²) in [5, 5.41) is 3.66. The molecule has 1 fully saturated rings. The standard InChI is InChI=1S/C25H30BrClN2O3/c1-3-18-12-13-23(21(26)14-18)32-16-24(30)29(15-19-8-4-7-11-22(19)27)17(2)25(31)28-20-9-5-6-10-20/h4,7-8,11-14,17,20H,3,5-6,9-10,15-16H2,1-2H3,(H,28,31). The van der Waals surface area contributed by atoms with Gasteiger partial charge < -0.3 is 15.0 Å². The van der Waals surface area contributed by atoms with Crippen molar-refractivity contribution in [2.45, 2.75) is 64.6 Å². The number of carbonyl (C=O) groups excluding carboxylic acids is 2. The van der Waals surface area contributed by atoms with E-state index in [0.717, 1.165) is 42.1 Å². The first-order valence-corrected chi connectivity index (χ1v) is 12.3. The molecule has 0 bridgehead atoms. The summed E-state index contributed by atoms with van der Waals surface area (Å²) in [6.07, 6.45) is 5.14. The number of halogens is 2. The van der Waals surface area contributed by atoms with Crippen molar-refractivity contribution in [2.75, 3.05) is 6.61 Å². The van der Waals surface area contributed by atoms with Crippen LogP contribution >= 0.6 is 27.5 Å². The third-order valence-corrected chi connectivity index (χ3v) is 6.91. The Hall–Kier alpha value is -2.05. The molecule has 1 unspecified atom stereocenters. The van der Waals surface area contributed by atoms with Gasteiger partial charge in [0.05, 0.1) is 4.47 Å². The van der Waals surface area contributed by atoms with Gasteiger partial charge in [-0.15, -0.1) is 0 Å². The summed E-state index contributed by atoms with van der Waals surface area (Å²) in [5.41, 5.74) is 1.96. The van der Waals surface area contributed by atoms with Crippen LogP contribution in [0, 0.1) is 0 Å². The molecule has 0 aliphatic heterocycles. The molecule has 0 saturated heterocycles. The lowest BCUT2D eigenvalue weighted by Crippen LogP contribution is -2.50. The molecule has 1 N–H and O–H groups in total. The number of nitrogens with zero attached hydrogens (tertiary/aromatic N) is 1. The van der Waals surface area contributed by atoms with E-state index in [0.29, 0.717) is 10.8 Å². The fourth-order valence-corrected chi connectivity index (χ4v) is 4.62. The highest BCUT2D eigenvalue weighted by molar-refractivity contribution is 9.10. The number of aryl methyl sites for hydroxylation is 1. The fourth-order valence-electron chi connectivity index (χ4n) is 3.89. The van der Waals surface area contributed by atoms with E-state index in [1.807, 2.05) is 36.4 Å². The lowest BCUT2D eigenvalue weighted by molar-refractivity contribution is -0.142. The van der Waals surface area contributed by atoms with E-state index in [1.165, 1.54) is 5.56 Å². The molecule has 3 rings (SSSR count). The zero-order valence-electron chi connectivity index (χ0n) is 18.6. The van der Waals surface area contributed by atoms with E-state index in [2.05, 4.69) is 28.2 Å². The fraction of sp³-hybridized carbons (Fsp3) is 0.440. The summed E-state index contributed by atoms with van der Waals surface area (Å²) >= 11 is 9.85. The molecule has 2 aromatic rings. The minimum atomic E-state index is -0.645. The molecule has 2 amide bonds. The maximum absolute atomic E-state index is 13.2. The molecule has 0 aromatic heterocycles. The van der Waals surface area contributed by atoms with Crippen LogP contribution in [-0.2, 0) is 22.6 Å². The van der Waals surface area contributed by atoms with Crippen LogP contribution in [0.1, 0.15) is 50.7 Å². The summed E-state index contributed by atoms with van der Waals surface area (Å²) in [6.45, 7) is 3.90. The van der Waals surface area contributed by atoms with Crippen LogP contribution in [0.15, 0.2) is 46.9 Å². The second kappa shape index (κ2) is 11.7. The van der Waals surface area contributed by atoms with Crippen LogP contribution in [0.3, 0.4) is 0 Å². The number of amides is 2. The van der Waals surface area contributed by atoms with Gasteiger partial charge in [0.15, 0.2) is 6.61 Å². The van der Waals surface area contributed by atoms with Crippen molar-refractivity contribution in [1.29, 1.82) is 0 Å². The first-order chi connectivity index (χ1) is 15.4. The normalized spacial score (nSPS) is 14.8. The van der Waals surface area contributed by atoms with Crippen LogP contribution in [-0.4, -0.2) is 35.4 Å². The van der Waals surface area contributed by atoms with Gasteiger partial charge in [-0.25, -0.2) is 0 Å². The van der Waals surface area contributed by atoms with Gasteiger partial charge in [-0.2, -0.15) is 0 Å². The monoisotopic (exact) mass is 520 g/mol. The zero-order chi connectivity index (χ0) is 23.1. The van der Waals surface area contributed by atoms with E-state index >= 15 is 0 Å². The highest BCUT2D eigenvalue weighted by Gasteiger charge is 2.29. The molecule has 0 radical (unpaired) electrons. The van der Waals surface area contributed by atoms with Gasteiger partial charge in [-0.1, -0.05) is 55.6 Å². The number of ether oxygens (including phenoxy) is 1. The van der Waals surface area contributed by atoms with Crippen molar-refractivity contribution < 1.29 is 14.3 Å². The Balaban J connectivity index is 1.73. The number of nitrogens with one attached hydrogen (secondary N) is 1. The Labute approximate surface area is 203 Å². The predicted molar refractivity (Wildman–Crippen MR) is 131 cm³/mol. The summed E-state index contributed by atoms with van der Waals surface area (Å²) in [7, 11) is 0. The van der Waals surface area contributed by atoms with Gasteiger partial charge in [0.1, 0.15) is 11.8 Å². The van der Waals surface area contributed by atoms with Crippen LogP contribution in [0.5, 0.6) is 5.75 Å². The first-order valence-electron chi connectivity index (χ1n) is 11.1. The third kappa shape index (κ3) is 6.48. The molecule has 1 saturated carbocycles. The van der Waals surface area contributed by atoms with Gasteiger partial charge in [0.25, 0.3) is 5.91 Å².